The van der Waals surface area contributed by atoms with E-state index in [4.69, 9.17) is 9.15 Å². The highest BCUT2D eigenvalue weighted by molar-refractivity contribution is 5.78. The number of amides is 1. The maximum atomic E-state index is 12.3. The Labute approximate surface area is 119 Å². The highest BCUT2D eigenvalue weighted by Gasteiger charge is 2.33. The zero-order chi connectivity index (χ0) is 13.8. The number of ether oxygens (including phenoxy) is 1. The minimum absolute atomic E-state index is 0.0856. The monoisotopic (exact) mass is 278 g/mol. The van der Waals surface area contributed by atoms with Crippen LogP contribution in [0.5, 0.6) is 0 Å². The van der Waals surface area contributed by atoms with Gasteiger partial charge in [-0.05, 0) is 50.9 Å². The van der Waals surface area contributed by atoms with E-state index in [0.29, 0.717) is 12.6 Å². The van der Waals surface area contributed by atoms with Gasteiger partial charge in [0.25, 0.3) is 0 Å². The minimum Gasteiger partial charge on any atom is -0.467 e. The summed E-state index contributed by atoms with van der Waals surface area (Å²) < 4.78 is 11.1. The minimum atomic E-state index is 0.0856. The zero-order valence-electron chi connectivity index (χ0n) is 11.7. The highest BCUT2D eigenvalue weighted by Crippen LogP contribution is 2.28. The lowest BCUT2D eigenvalue weighted by molar-refractivity contribution is -0.140. The Morgan fingerprint density at radius 2 is 2.15 bits per heavy atom. The predicted octanol–water partition coefficient (Wildman–Crippen LogP) is 1.54. The van der Waals surface area contributed by atoms with E-state index in [9.17, 15) is 4.79 Å². The molecular weight excluding hydrogens is 256 g/mol. The number of furan rings is 1. The fourth-order valence-corrected chi connectivity index (χ4v) is 2.61. The molecule has 2 aliphatic rings. The van der Waals surface area contributed by atoms with Gasteiger partial charge in [-0.3, -0.25) is 4.79 Å². The molecule has 1 saturated heterocycles. The Morgan fingerprint density at radius 3 is 2.80 bits per heavy atom. The van der Waals surface area contributed by atoms with Crippen LogP contribution in [-0.2, 0) is 16.1 Å². The van der Waals surface area contributed by atoms with Gasteiger partial charge < -0.3 is 19.4 Å². The molecule has 1 aromatic heterocycles. The lowest BCUT2D eigenvalue weighted by Gasteiger charge is -2.25. The van der Waals surface area contributed by atoms with E-state index in [1.165, 1.54) is 0 Å². The first kappa shape index (κ1) is 13.6. The van der Waals surface area contributed by atoms with Crippen LogP contribution in [0.1, 0.15) is 31.4 Å². The molecule has 1 aliphatic heterocycles. The van der Waals surface area contributed by atoms with Crippen molar-refractivity contribution in [3.8, 4) is 0 Å². The second-order valence-corrected chi connectivity index (χ2v) is 5.59. The van der Waals surface area contributed by atoms with Gasteiger partial charge in [-0.2, -0.15) is 0 Å². The van der Waals surface area contributed by atoms with E-state index in [2.05, 4.69) is 5.32 Å². The molecule has 110 valence electrons. The lowest BCUT2D eigenvalue weighted by Crippen LogP contribution is -2.38. The summed E-state index contributed by atoms with van der Waals surface area (Å²) in [5.74, 6) is 0.926. The number of hydrogen-bond acceptors (Lipinski definition) is 4. The van der Waals surface area contributed by atoms with Crippen molar-refractivity contribution in [3.63, 3.8) is 0 Å². The normalized spacial score (nSPS) is 20.0. The first-order chi connectivity index (χ1) is 9.83. The molecule has 1 saturated carbocycles. The molecule has 5 heteroatoms. The van der Waals surface area contributed by atoms with Crippen molar-refractivity contribution in [1.29, 1.82) is 0 Å². The fourth-order valence-electron chi connectivity index (χ4n) is 2.61. The van der Waals surface area contributed by atoms with Gasteiger partial charge in [0, 0.05) is 6.04 Å². The quantitative estimate of drug-likeness (QED) is 0.857. The van der Waals surface area contributed by atoms with Crippen LogP contribution in [0.3, 0.4) is 0 Å². The van der Waals surface area contributed by atoms with E-state index in [-0.39, 0.29) is 18.6 Å². The van der Waals surface area contributed by atoms with E-state index in [1.807, 2.05) is 17.0 Å². The third-order valence-electron chi connectivity index (χ3n) is 3.94. The third-order valence-corrected chi connectivity index (χ3v) is 3.94. The molecule has 0 bridgehead atoms. The molecule has 2 heterocycles. The summed E-state index contributed by atoms with van der Waals surface area (Å²) in [6.07, 6.45) is 6.06. The number of piperidine rings is 1. The SMILES string of the molecule is O=C(COC1CCNCC1)N(Cc1ccco1)C1CC1. The first-order valence-electron chi connectivity index (χ1n) is 7.47. The second-order valence-electron chi connectivity index (χ2n) is 5.59. The van der Waals surface area contributed by atoms with Crippen molar-refractivity contribution >= 4 is 5.91 Å². The summed E-state index contributed by atoms with van der Waals surface area (Å²) in [6.45, 7) is 2.73. The Morgan fingerprint density at radius 1 is 1.35 bits per heavy atom. The van der Waals surface area contributed by atoms with Crippen LogP contribution in [-0.4, -0.2) is 42.6 Å². The smallest absolute Gasteiger partial charge is 0.249 e. The summed E-state index contributed by atoms with van der Waals surface area (Å²) in [4.78, 5) is 14.2. The molecular formula is C15H22N2O3. The number of hydrogen-bond donors (Lipinski definition) is 1. The summed E-state index contributed by atoms with van der Waals surface area (Å²) in [5.41, 5.74) is 0. The second kappa shape index (κ2) is 6.41. The lowest BCUT2D eigenvalue weighted by atomic mass is 10.1. The van der Waals surface area contributed by atoms with Crippen LogP contribution in [0, 0.1) is 0 Å². The van der Waals surface area contributed by atoms with Crippen LogP contribution in [0.2, 0.25) is 0 Å². The number of carbonyl (C=O) groups excluding carboxylic acids is 1. The van der Waals surface area contributed by atoms with E-state index >= 15 is 0 Å². The van der Waals surface area contributed by atoms with Crippen LogP contribution < -0.4 is 5.32 Å². The predicted molar refractivity (Wildman–Crippen MR) is 74.1 cm³/mol. The Hall–Kier alpha value is -1.33. The van der Waals surface area contributed by atoms with Crippen molar-refractivity contribution in [2.45, 2.75) is 44.4 Å². The standard InChI is InChI=1S/C15H22N2O3/c18-15(11-20-13-5-7-16-8-6-13)17(12-3-4-12)10-14-2-1-9-19-14/h1-2,9,12-13,16H,3-8,10-11H2. The topological polar surface area (TPSA) is 54.7 Å². The van der Waals surface area contributed by atoms with E-state index in [1.54, 1.807) is 6.26 Å². The summed E-state index contributed by atoms with van der Waals surface area (Å²) in [6, 6.07) is 4.15. The van der Waals surface area contributed by atoms with Gasteiger partial charge in [-0.25, -0.2) is 0 Å². The summed E-state index contributed by atoms with van der Waals surface area (Å²) in [5, 5.41) is 3.30. The van der Waals surface area contributed by atoms with Crippen LogP contribution in [0.25, 0.3) is 0 Å². The molecule has 0 aromatic carbocycles. The molecule has 3 rings (SSSR count). The van der Waals surface area contributed by atoms with Gasteiger partial charge >= 0.3 is 0 Å². The van der Waals surface area contributed by atoms with Gasteiger partial charge in [0.1, 0.15) is 12.4 Å². The van der Waals surface area contributed by atoms with Crippen LogP contribution in [0.15, 0.2) is 22.8 Å². The largest absolute Gasteiger partial charge is 0.467 e. The number of nitrogens with zero attached hydrogens (tertiary/aromatic N) is 1. The Kier molecular flexibility index (Phi) is 4.38. The van der Waals surface area contributed by atoms with Crippen molar-refractivity contribution in [2.75, 3.05) is 19.7 Å². The van der Waals surface area contributed by atoms with Gasteiger partial charge in [-0.15, -0.1) is 0 Å². The molecule has 0 atom stereocenters. The average molecular weight is 278 g/mol. The third kappa shape index (κ3) is 3.61. The average Bonchev–Trinajstić information content (AvgIpc) is 3.20. The van der Waals surface area contributed by atoms with Gasteiger partial charge in [0.2, 0.25) is 5.91 Å². The molecule has 1 amide bonds. The van der Waals surface area contributed by atoms with E-state index < -0.39 is 0 Å². The highest BCUT2D eigenvalue weighted by atomic mass is 16.5. The maximum Gasteiger partial charge on any atom is 0.249 e. The summed E-state index contributed by atoms with van der Waals surface area (Å²) >= 11 is 0. The van der Waals surface area contributed by atoms with Crippen molar-refractivity contribution in [1.82, 2.24) is 10.2 Å². The first-order valence-corrected chi connectivity index (χ1v) is 7.47. The Balaban J connectivity index is 1.50. The van der Waals surface area contributed by atoms with Gasteiger partial charge in [0.15, 0.2) is 0 Å². The van der Waals surface area contributed by atoms with Crippen LogP contribution in [0.4, 0.5) is 0 Å². The molecule has 20 heavy (non-hydrogen) atoms. The number of rotatable bonds is 6. The number of nitrogens with one attached hydrogen (secondary N) is 1. The van der Waals surface area contributed by atoms with Gasteiger partial charge in [-0.1, -0.05) is 0 Å². The molecule has 0 spiro atoms. The molecule has 1 aromatic rings. The molecule has 2 fully saturated rings. The Bertz CT molecular complexity index is 422. The molecule has 0 radical (unpaired) electrons. The van der Waals surface area contributed by atoms with Crippen molar-refractivity contribution < 1.29 is 13.9 Å². The van der Waals surface area contributed by atoms with Crippen LogP contribution >= 0.6 is 0 Å². The van der Waals surface area contributed by atoms with Crippen molar-refractivity contribution in [3.05, 3.63) is 24.2 Å². The van der Waals surface area contributed by atoms with Gasteiger partial charge in [0.05, 0.1) is 18.9 Å². The number of carbonyl (C=O) groups is 1. The van der Waals surface area contributed by atoms with Crippen molar-refractivity contribution in [2.24, 2.45) is 0 Å². The van der Waals surface area contributed by atoms with E-state index in [0.717, 1.165) is 44.5 Å². The molecule has 0 unspecified atom stereocenters. The molecule has 1 aliphatic carbocycles. The fraction of sp³-hybridized carbons (Fsp3) is 0.667. The maximum absolute atomic E-state index is 12.3. The molecule has 5 nitrogen and oxygen atoms in total. The summed E-state index contributed by atoms with van der Waals surface area (Å²) in [7, 11) is 0. The zero-order valence-corrected chi connectivity index (χ0v) is 11.7. The molecule has 1 N–H and O–H groups in total.